The molecule has 0 aromatic carbocycles. The highest BCUT2D eigenvalue weighted by Gasteiger charge is 2.32. The van der Waals surface area contributed by atoms with Crippen molar-refractivity contribution in [1.82, 2.24) is 9.88 Å². The lowest BCUT2D eigenvalue weighted by molar-refractivity contribution is 0.215. The van der Waals surface area contributed by atoms with Crippen molar-refractivity contribution in [2.45, 2.75) is 25.4 Å². The molecule has 0 spiro atoms. The molecule has 2 rings (SSSR count). The number of hydrogen-bond acceptors (Lipinski definition) is 3. The number of aromatic nitrogens is 1. The molecule has 16 heavy (non-hydrogen) atoms. The van der Waals surface area contributed by atoms with E-state index in [0.29, 0.717) is 11.2 Å². The molecule has 1 aromatic heterocycles. The second-order valence-corrected chi connectivity index (χ2v) is 4.87. The number of rotatable bonds is 5. The fraction of sp³-hybridized carbons (Fsp3) is 0.583. The number of nitrogens with two attached hydrogens (primary N) is 1. The van der Waals surface area contributed by atoms with E-state index in [-0.39, 0.29) is 0 Å². The molecule has 0 radical (unpaired) electrons. The minimum Gasteiger partial charge on any atom is -0.329 e. The summed E-state index contributed by atoms with van der Waals surface area (Å²) >= 11 is 6.04. The standard InChI is InChI=1S/C12H18ClN3/c1-16(11(7-14)9-4-5-9)8-10-3-2-6-15-12(10)13/h2-3,6,9,11H,4-5,7-8,14H2,1H3. The van der Waals surface area contributed by atoms with Crippen molar-refractivity contribution >= 4 is 11.6 Å². The zero-order valence-electron chi connectivity index (χ0n) is 9.56. The van der Waals surface area contributed by atoms with Crippen LogP contribution in [0.25, 0.3) is 0 Å². The Bertz CT molecular complexity index is 352. The Hall–Kier alpha value is -0.640. The molecule has 1 heterocycles. The number of halogens is 1. The van der Waals surface area contributed by atoms with Crippen LogP contribution in [0.3, 0.4) is 0 Å². The van der Waals surface area contributed by atoms with Crippen LogP contribution < -0.4 is 5.73 Å². The summed E-state index contributed by atoms with van der Waals surface area (Å²) in [5.41, 5.74) is 6.89. The zero-order chi connectivity index (χ0) is 11.5. The van der Waals surface area contributed by atoms with Gasteiger partial charge in [-0.2, -0.15) is 0 Å². The molecule has 3 nitrogen and oxygen atoms in total. The Kier molecular flexibility index (Phi) is 3.79. The van der Waals surface area contributed by atoms with Gasteiger partial charge in [0, 0.05) is 30.9 Å². The smallest absolute Gasteiger partial charge is 0.133 e. The van der Waals surface area contributed by atoms with Gasteiger partial charge in [-0.25, -0.2) is 4.98 Å². The molecule has 0 bridgehead atoms. The molecule has 88 valence electrons. The van der Waals surface area contributed by atoms with Crippen LogP contribution in [-0.2, 0) is 6.54 Å². The molecule has 1 aliphatic rings. The van der Waals surface area contributed by atoms with Gasteiger partial charge in [-0.1, -0.05) is 17.7 Å². The van der Waals surface area contributed by atoms with Crippen LogP contribution >= 0.6 is 11.6 Å². The summed E-state index contributed by atoms with van der Waals surface area (Å²) in [6.45, 7) is 1.55. The zero-order valence-corrected chi connectivity index (χ0v) is 10.3. The van der Waals surface area contributed by atoms with Crippen LogP contribution in [0.15, 0.2) is 18.3 Å². The highest BCUT2D eigenvalue weighted by molar-refractivity contribution is 6.30. The maximum absolute atomic E-state index is 6.04. The van der Waals surface area contributed by atoms with Gasteiger partial charge < -0.3 is 5.73 Å². The Labute approximate surface area is 102 Å². The van der Waals surface area contributed by atoms with E-state index in [1.807, 2.05) is 12.1 Å². The normalized spacial score (nSPS) is 17.8. The molecule has 1 aliphatic carbocycles. The van der Waals surface area contributed by atoms with Crippen molar-refractivity contribution in [2.75, 3.05) is 13.6 Å². The van der Waals surface area contributed by atoms with Gasteiger partial charge >= 0.3 is 0 Å². The molecule has 0 saturated heterocycles. The van der Waals surface area contributed by atoms with Crippen LogP contribution in [0.5, 0.6) is 0 Å². The van der Waals surface area contributed by atoms with Gasteiger partial charge in [-0.05, 0) is 31.9 Å². The van der Waals surface area contributed by atoms with Gasteiger partial charge in [0.2, 0.25) is 0 Å². The van der Waals surface area contributed by atoms with Gasteiger partial charge in [0.05, 0.1) is 0 Å². The van der Waals surface area contributed by atoms with Gasteiger partial charge in [0.25, 0.3) is 0 Å². The average Bonchev–Trinajstić information content (AvgIpc) is 3.07. The van der Waals surface area contributed by atoms with Crippen molar-refractivity contribution < 1.29 is 0 Å². The molecular formula is C12H18ClN3. The molecule has 0 amide bonds. The van der Waals surface area contributed by atoms with Crippen molar-refractivity contribution in [1.29, 1.82) is 0 Å². The topological polar surface area (TPSA) is 42.2 Å². The van der Waals surface area contributed by atoms with E-state index >= 15 is 0 Å². The molecule has 0 aliphatic heterocycles. The third-order valence-electron chi connectivity index (χ3n) is 3.23. The molecule has 1 unspecified atom stereocenters. The first-order chi connectivity index (χ1) is 7.72. The predicted octanol–water partition coefficient (Wildman–Crippen LogP) is 1.90. The third-order valence-corrected chi connectivity index (χ3v) is 3.57. The van der Waals surface area contributed by atoms with Crippen molar-refractivity contribution in [3.63, 3.8) is 0 Å². The number of hydrogen-bond donors (Lipinski definition) is 1. The number of likely N-dealkylation sites (N-methyl/N-ethyl adjacent to an activating group) is 1. The number of nitrogens with zero attached hydrogens (tertiary/aromatic N) is 2. The minimum absolute atomic E-state index is 0.483. The van der Waals surface area contributed by atoms with E-state index in [2.05, 4.69) is 16.9 Å². The molecule has 1 fully saturated rings. The van der Waals surface area contributed by atoms with Crippen LogP contribution in [-0.4, -0.2) is 29.5 Å². The van der Waals surface area contributed by atoms with E-state index in [0.717, 1.165) is 24.6 Å². The SMILES string of the molecule is CN(Cc1cccnc1Cl)C(CN)C1CC1. The first kappa shape index (κ1) is 11.8. The monoisotopic (exact) mass is 239 g/mol. The summed E-state index contributed by atoms with van der Waals surface area (Å²) in [7, 11) is 2.11. The van der Waals surface area contributed by atoms with Gasteiger partial charge in [0.15, 0.2) is 0 Å². The summed E-state index contributed by atoms with van der Waals surface area (Å²) in [6, 6.07) is 4.42. The molecule has 2 N–H and O–H groups in total. The Morgan fingerprint density at radius 1 is 1.62 bits per heavy atom. The van der Waals surface area contributed by atoms with Crippen molar-refractivity contribution in [3.05, 3.63) is 29.0 Å². The van der Waals surface area contributed by atoms with Gasteiger partial charge in [0.1, 0.15) is 5.15 Å². The summed E-state index contributed by atoms with van der Waals surface area (Å²) in [5, 5.41) is 0.598. The predicted molar refractivity (Wildman–Crippen MR) is 66.3 cm³/mol. The average molecular weight is 240 g/mol. The maximum Gasteiger partial charge on any atom is 0.133 e. The summed E-state index contributed by atoms with van der Waals surface area (Å²) in [4.78, 5) is 6.38. The van der Waals surface area contributed by atoms with Crippen LogP contribution in [0.1, 0.15) is 18.4 Å². The van der Waals surface area contributed by atoms with Crippen molar-refractivity contribution in [2.24, 2.45) is 11.7 Å². The van der Waals surface area contributed by atoms with E-state index < -0.39 is 0 Å². The van der Waals surface area contributed by atoms with E-state index in [1.54, 1.807) is 6.20 Å². The fourth-order valence-electron chi connectivity index (χ4n) is 2.14. The third kappa shape index (κ3) is 2.73. The highest BCUT2D eigenvalue weighted by Crippen LogP contribution is 2.35. The highest BCUT2D eigenvalue weighted by atomic mass is 35.5. The van der Waals surface area contributed by atoms with Gasteiger partial charge in [-0.3, -0.25) is 4.90 Å². The van der Waals surface area contributed by atoms with E-state index in [1.165, 1.54) is 12.8 Å². The Morgan fingerprint density at radius 2 is 2.38 bits per heavy atom. The minimum atomic E-state index is 0.483. The second kappa shape index (κ2) is 5.13. The number of pyridine rings is 1. The van der Waals surface area contributed by atoms with Crippen LogP contribution in [0.4, 0.5) is 0 Å². The largest absolute Gasteiger partial charge is 0.329 e. The molecule has 1 atom stereocenters. The van der Waals surface area contributed by atoms with Gasteiger partial charge in [-0.15, -0.1) is 0 Å². The fourth-order valence-corrected chi connectivity index (χ4v) is 2.32. The van der Waals surface area contributed by atoms with E-state index in [9.17, 15) is 0 Å². The van der Waals surface area contributed by atoms with Crippen LogP contribution in [0.2, 0.25) is 5.15 Å². The lowest BCUT2D eigenvalue weighted by Gasteiger charge is -2.27. The summed E-state index contributed by atoms with van der Waals surface area (Å²) < 4.78 is 0. The lowest BCUT2D eigenvalue weighted by Crippen LogP contribution is -2.39. The molecule has 1 saturated carbocycles. The lowest BCUT2D eigenvalue weighted by atomic mass is 10.1. The second-order valence-electron chi connectivity index (χ2n) is 4.51. The first-order valence-corrected chi connectivity index (χ1v) is 6.10. The molecule has 4 heteroatoms. The quantitative estimate of drug-likeness (QED) is 0.799. The van der Waals surface area contributed by atoms with Crippen molar-refractivity contribution in [3.8, 4) is 0 Å². The molecule has 1 aromatic rings. The Morgan fingerprint density at radius 3 is 2.94 bits per heavy atom. The summed E-state index contributed by atoms with van der Waals surface area (Å²) in [6.07, 6.45) is 4.34. The van der Waals surface area contributed by atoms with E-state index in [4.69, 9.17) is 17.3 Å². The first-order valence-electron chi connectivity index (χ1n) is 5.72. The molecular weight excluding hydrogens is 222 g/mol. The Balaban J connectivity index is 2.00. The van der Waals surface area contributed by atoms with Crippen LogP contribution in [0, 0.1) is 5.92 Å². The maximum atomic E-state index is 6.04. The summed E-state index contributed by atoms with van der Waals surface area (Å²) in [5.74, 6) is 0.783.